The predicted octanol–water partition coefficient (Wildman–Crippen LogP) is 2.50. The van der Waals surface area contributed by atoms with E-state index in [-0.39, 0.29) is 5.60 Å². The Labute approximate surface area is 121 Å². The van der Waals surface area contributed by atoms with Crippen molar-refractivity contribution in [2.45, 2.75) is 37.8 Å². The molecule has 0 aromatic heterocycles. The van der Waals surface area contributed by atoms with E-state index < -0.39 is 0 Å². The van der Waals surface area contributed by atoms with Crippen LogP contribution in [0.4, 0.5) is 0 Å². The summed E-state index contributed by atoms with van der Waals surface area (Å²) in [5.74, 6) is 1.82. The van der Waals surface area contributed by atoms with Crippen molar-refractivity contribution >= 4 is 0 Å². The van der Waals surface area contributed by atoms with Crippen LogP contribution in [0.2, 0.25) is 0 Å². The lowest BCUT2D eigenvalue weighted by Crippen LogP contribution is -2.54. The summed E-state index contributed by atoms with van der Waals surface area (Å²) in [4.78, 5) is 2.60. The molecule has 1 spiro atoms. The molecule has 3 aliphatic heterocycles. The van der Waals surface area contributed by atoms with Crippen molar-refractivity contribution in [3.05, 3.63) is 29.3 Å². The van der Waals surface area contributed by atoms with E-state index in [4.69, 9.17) is 4.74 Å². The highest BCUT2D eigenvalue weighted by Gasteiger charge is 2.51. The molecule has 1 N–H and O–H groups in total. The lowest BCUT2D eigenvalue weighted by atomic mass is 9.74. The van der Waals surface area contributed by atoms with Crippen LogP contribution < -0.4 is 10.1 Å². The van der Waals surface area contributed by atoms with Crippen LogP contribution in [0.1, 0.15) is 36.4 Å². The summed E-state index contributed by atoms with van der Waals surface area (Å²) in [5.41, 5.74) is 2.74. The van der Waals surface area contributed by atoms with E-state index in [1.54, 1.807) is 0 Å². The van der Waals surface area contributed by atoms with E-state index in [0.29, 0.717) is 12.0 Å². The van der Waals surface area contributed by atoms with Gasteiger partial charge in [-0.05, 0) is 33.0 Å². The van der Waals surface area contributed by atoms with Gasteiger partial charge in [-0.15, -0.1) is 0 Å². The topological polar surface area (TPSA) is 24.5 Å². The molecule has 3 heteroatoms. The fourth-order valence-corrected chi connectivity index (χ4v) is 4.43. The number of nitrogens with zero attached hydrogens (tertiary/aromatic N) is 1. The van der Waals surface area contributed by atoms with Gasteiger partial charge < -0.3 is 15.0 Å². The van der Waals surface area contributed by atoms with Crippen LogP contribution in [0, 0.1) is 12.8 Å². The van der Waals surface area contributed by atoms with E-state index in [2.05, 4.69) is 42.4 Å². The number of fused-ring (bicyclic) bond motifs is 4. The molecule has 2 bridgehead atoms. The van der Waals surface area contributed by atoms with Gasteiger partial charge in [0.15, 0.2) is 0 Å². The highest BCUT2D eigenvalue weighted by molar-refractivity contribution is 5.42. The van der Waals surface area contributed by atoms with E-state index in [1.165, 1.54) is 43.6 Å². The monoisotopic (exact) mass is 272 g/mol. The van der Waals surface area contributed by atoms with Crippen LogP contribution >= 0.6 is 0 Å². The van der Waals surface area contributed by atoms with Gasteiger partial charge in [0, 0.05) is 43.5 Å². The standard InChI is InChI=1S/C17H24N2O/c1-12-3-4-16-14(9-12)15(18-2)10-17(20-16)6-8-19-7-5-13(17)11-19/h3-4,9,13,15,18H,5-8,10-11H2,1-2H3. The molecule has 3 heterocycles. The van der Waals surface area contributed by atoms with Crippen LogP contribution in [0.5, 0.6) is 5.75 Å². The third-order valence-electron chi connectivity index (χ3n) is 5.62. The smallest absolute Gasteiger partial charge is 0.124 e. The fourth-order valence-electron chi connectivity index (χ4n) is 4.43. The summed E-state index contributed by atoms with van der Waals surface area (Å²) in [6.07, 6.45) is 3.61. The van der Waals surface area contributed by atoms with Crippen LogP contribution in [0.3, 0.4) is 0 Å². The Morgan fingerprint density at radius 2 is 2.25 bits per heavy atom. The molecule has 108 valence electrons. The van der Waals surface area contributed by atoms with Crippen LogP contribution in [0.15, 0.2) is 18.2 Å². The molecule has 4 atom stereocenters. The average Bonchev–Trinajstić information content (AvgIpc) is 2.88. The fraction of sp³-hybridized carbons (Fsp3) is 0.647. The van der Waals surface area contributed by atoms with E-state index in [0.717, 1.165) is 12.2 Å². The lowest BCUT2D eigenvalue weighted by Gasteiger charge is -2.48. The Bertz CT molecular complexity index is 530. The zero-order chi connectivity index (χ0) is 13.7. The average molecular weight is 272 g/mol. The van der Waals surface area contributed by atoms with E-state index in [1.807, 2.05) is 0 Å². The molecule has 1 aromatic carbocycles. The maximum atomic E-state index is 6.61. The van der Waals surface area contributed by atoms with Crippen LogP contribution in [-0.2, 0) is 0 Å². The Hall–Kier alpha value is -1.06. The van der Waals surface area contributed by atoms with E-state index in [9.17, 15) is 0 Å². The Morgan fingerprint density at radius 3 is 3.10 bits per heavy atom. The second-order valence-corrected chi connectivity index (χ2v) is 6.79. The molecule has 4 rings (SSSR count). The minimum absolute atomic E-state index is 0.0724. The Balaban J connectivity index is 1.73. The first-order valence-corrected chi connectivity index (χ1v) is 7.89. The van der Waals surface area contributed by atoms with Gasteiger partial charge in [-0.3, -0.25) is 0 Å². The summed E-state index contributed by atoms with van der Waals surface area (Å²) < 4.78 is 6.61. The number of hydrogen-bond acceptors (Lipinski definition) is 3. The normalized spacial score (nSPS) is 38.6. The third-order valence-corrected chi connectivity index (χ3v) is 5.62. The largest absolute Gasteiger partial charge is 0.486 e. The quantitative estimate of drug-likeness (QED) is 0.850. The van der Waals surface area contributed by atoms with Gasteiger partial charge in [0.05, 0.1) is 0 Å². The molecule has 0 saturated carbocycles. The first kappa shape index (κ1) is 12.7. The van der Waals surface area contributed by atoms with Gasteiger partial charge in [-0.2, -0.15) is 0 Å². The molecule has 20 heavy (non-hydrogen) atoms. The van der Waals surface area contributed by atoms with Crippen molar-refractivity contribution in [3.63, 3.8) is 0 Å². The van der Waals surface area contributed by atoms with Crippen molar-refractivity contribution < 1.29 is 4.74 Å². The molecule has 0 radical (unpaired) electrons. The molecule has 0 aliphatic carbocycles. The van der Waals surface area contributed by atoms with Crippen molar-refractivity contribution in [2.24, 2.45) is 5.92 Å². The number of piperidine rings is 1. The lowest BCUT2D eigenvalue weighted by molar-refractivity contribution is -0.0468. The Morgan fingerprint density at radius 1 is 1.35 bits per heavy atom. The highest BCUT2D eigenvalue weighted by atomic mass is 16.5. The molecule has 3 nitrogen and oxygen atoms in total. The van der Waals surface area contributed by atoms with Gasteiger partial charge in [-0.1, -0.05) is 17.7 Å². The molecular formula is C17H24N2O. The maximum absolute atomic E-state index is 6.61. The van der Waals surface area contributed by atoms with Crippen molar-refractivity contribution in [2.75, 3.05) is 26.7 Å². The summed E-state index contributed by atoms with van der Waals surface area (Å²) in [7, 11) is 2.08. The van der Waals surface area contributed by atoms with Crippen LogP contribution in [0.25, 0.3) is 0 Å². The summed E-state index contributed by atoms with van der Waals surface area (Å²) in [6, 6.07) is 7.07. The number of rotatable bonds is 1. The first-order valence-electron chi connectivity index (χ1n) is 7.89. The number of hydrogen-bond donors (Lipinski definition) is 1. The zero-order valence-electron chi connectivity index (χ0n) is 12.5. The summed E-state index contributed by atoms with van der Waals surface area (Å²) in [5, 5.41) is 3.52. The number of benzene rings is 1. The maximum Gasteiger partial charge on any atom is 0.124 e. The molecule has 4 unspecified atom stereocenters. The zero-order valence-corrected chi connectivity index (χ0v) is 12.5. The predicted molar refractivity (Wildman–Crippen MR) is 80.1 cm³/mol. The molecular weight excluding hydrogens is 248 g/mol. The van der Waals surface area contributed by atoms with Crippen molar-refractivity contribution in [1.29, 1.82) is 0 Å². The summed E-state index contributed by atoms with van der Waals surface area (Å²) >= 11 is 0. The SMILES string of the molecule is CNC1CC2(CCN3CCC2C3)Oc2ccc(C)cc21. The summed E-state index contributed by atoms with van der Waals surface area (Å²) in [6.45, 7) is 5.86. The Kier molecular flexibility index (Phi) is 2.83. The molecule has 2 saturated heterocycles. The van der Waals surface area contributed by atoms with Gasteiger partial charge in [0.2, 0.25) is 0 Å². The second-order valence-electron chi connectivity index (χ2n) is 6.79. The molecule has 2 fully saturated rings. The number of ether oxygens (including phenoxy) is 1. The van der Waals surface area contributed by atoms with Crippen molar-refractivity contribution in [1.82, 2.24) is 10.2 Å². The van der Waals surface area contributed by atoms with Gasteiger partial charge in [-0.25, -0.2) is 0 Å². The van der Waals surface area contributed by atoms with E-state index >= 15 is 0 Å². The molecule has 0 amide bonds. The minimum atomic E-state index is 0.0724. The van der Waals surface area contributed by atoms with Gasteiger partial charge in [0.25, 0.3) is 0 Å². The minimum Gasteiger partial charge on any atom is -0.486 e. The van der Waals surface area contributed by atoms with Crippen molar-refractivity contribution in [3.8, 4) is 5.75 Å². The molecule has 3 aliphatic rings. The third kappa shape index (κ3) is 1.80. The highest BCUT2D eigenvalue weighted by Crippen LogP contribution is 2.49. The first-order chi connectivity index (χ1) is 9.70. The number of aryl methyl sites for hydroxylation is 1. The van der Waals surface area contributed by atoms with Gasteiger partial charge >= 0.3 is 0 Å². The van der Waals surface area contributed by atoms with Gasteiger partial charge in [0.1, 0.15) is 11.4 Å². The number of nitrogens with one attached hydrogen (secondary N) is 1. The molecule has 1 aromatic rings. The second kappa shape index (κ2) is 4.47. The van der Waals surface area contributed by atoms with Crippen LogP contribution in [-0.4, -0.2) is 37.2 Å².